The van der Waals surface area contributed by atoms with Crippen LogP contribution in [-0.2, 0) is 29.6 Å². The number of ether oxygens (including phenoxy) is 3. The highest BCUT2D eigenvalue weighted by atomic mass is 35.5. The Labute approximate surface area is 259 Å². The molecule has 0 unspecified atom stereocenters. The van der Waals surface area contributed by atoms with Crippen LogP contribution in [-0.4, -0.2) is 79.0 Å². The van der Waals surface area contributed by atoms with E-state index in [0.717, 1.165) is 6.07 Å². The summed E-state index contributed by atoms with van der Waals surface area (Å²) in [6, 6.07) is 11.4. The first-order valence-electron chi connectivity index (χ1n) is 13.0. The van der Waals surface area contributed by atoms with E-state index in [1.54, 1.807) is 0 Å². The lowest BCUT2D eigenvalue weighted by Crippen LogP contribution is -2.40. The number of benzene rings is 3. The molecule has 0 bridgehead atoms. The van der Waals surface area contributed by atoms with Crippen molar-refractivity contribution in [1.29, 1.82) is 0 Å². The molecule has 0 aromatic heterocycles. The number of carbonyl (C=O) groups excluding carboxylic acids is 1. The molecule has 0 saturated carbocycles. The predicted octanol–water partition coefficient (Wildman–Crippen LogP) is 3.43. The number of anilines is 2. The number of nitrogens with zero attached hydrogens (tertiary/aromatic N) is 3. The Bertz CT molecular complexity index is 1800. The Hall–Kier alpha value is -3.96. The highest BCUT2D eigenvalue weighted by molar-refractivity contribution is 7.93. The SMILES string of the molecule is COc1ccc(S(=O)(=O)N2CCOCC2)cc1NC(=O)CN(c1cc(Cl)ccc1OC)S(=O)(=O)c1ccc(C)c([N+](=O)[O-])c1. The van der Waals surface area contributed by atoms with E-state index in [1.165, 1.54) is 74.0 Å². The minimum Gasteiger partial charge on any atom is -0.495 e. The van der Waals surface area contributed by atoms with Crippen molar-refractivity contribution in [3.8, 4) is 11.5 Å². The molecule has 0 aliphatic carbocycles. The van der Waals surface area contributed by atoms with Gasteiger partial charge in [-0.3, -0.25) is 19.2 Å². The lowest BCUT2D eigenvalue weighted by atomic mass is 10.2. The fourth-order valence-corrected chi connectivity index (χ4v) is 7.48. The third-order valence-corrected chi connectivity index (χ3v) is 10.6. The van der Waals surface area contributed by atoms with Crippen molar-refractivity contribution in [3.63, 3.8) is 0 Å². The number of nitro benzene ring substituents is 1. The third kappa shape index (κ3) is 6.89. The smallest absolute Gasteiger partial charge is 0.273 e. The van der Waals surface area contributed by atoms with Crippen molar-refractivity contribution in [2.24, 2.45) is 0 Å². The van der Waals surface area contributed by atoms with Gasteiger partial charge in [0.2, 0.25) is 15.9 Å². The Kier molecular flexibility index (Phi) is 10.00. The number of hydrogen-bond acceptors (Lipinski definition) is 10. The minimum absolute atomic E-state index is 0.0341. The van der Waals surface area contributed by atoms with E-state index in [4.69, 9.17) is 25.8 Å². The van der Waals surface area contributed by atoms with Crippen molar-refractivity contribution >= 4 is 54.6 Å². The van der Waals surface area contributed by atoms with Gasteiger partial charge in [-0.25, -0.2) is 16.8 Å². The highest BCUT2D eigenvalue weighted by Crippen LogP contribution is 2.36. The summed E-state index contributed by atoms with van der Waals surface area (Å²) in [5.41, 5.74) is -0.351. The lowest BCUT2D eigenvalue weighted by Gasteiger charge is -2.27. The molecule has 0 atom stereocenters. The number of hydrogen-bond donors (Lipinski definition) is 1. The molecule has 1 fully saturated rings. The van der Waals surface area contributed by atoms with Gasteiger partial charge in [0.05, 0.1) is 53.5 Å². The van der Waals surface area contributed by atoms with E-state index < -0.39 is 48.0 Å². The van der Waals surface area contributed by atoms with Crippen LogP contribution in [0.3, 0.4) is 0 Å². The van der Waals surface area contributed by atoms with Crippen LogP contribution in [0.1, 0.15) is 5.56 Å². The standard InChI is InChI=1S/C27H29ClN4O10S2/c1-18-4-6-21(16-23(18)32(34)35)44(38,39)31(24-14-19(28)5-8-26(24)41-3)17-27(33)29-22-15-20(7-9-25(22)40-2)43(36,37)30-10-12-42-13-11-30/h4-9,14-16H,10-13,17H2,1-3H3,(H,29,33). The number of morpholine rings is 1. The van der Waals surface area contributed by atoms with Gasteiger partial charge >= 0.3 is 0 Å². The van der Waals surface area contributed by atoms with Crippen LogP contribution in [0.15, 0.2) is 64.4 Å². The Morgan fingerprint density at radius 1 is 1.00 bits per heavy atom. The Morgan fingerprint density at radius 2 is 1.64 bits per heavy atom. The summed E-state index contributed by atoms with van der Waals surface area (Å²) in [6.07, 6.45) is 0. The third-order valence-electron chi connectivity index (χ3n) is 6.71. The molecule has 44 heavy (non-hydrogen) atoms. The molecule has 0 spiro atoms. The topological polar surface area (TPSA) is 175 Å². The molecule has 1 N–H and O–H groups in total. The zero-order valence-electron chi connectivity index (χ0n) is 23.9. The van der Waals surface area contributed by atoms with Crippen molar-refractivity contribution in [2.45, 2.75) is 16.7 Å². The van der Waals surface area contributed by atoms with Gasteiger partial charge in [-0.2, -0.15) is 4.31 Å². The number of aryl methyl sites for hydroxylation is 1. The molecule has 14 nitrogen and oxygen atoms in total. The molecule has 17 heteroatoms. The molecular formula is C27H29ClN4O10S2. The van der Waals surface area contributed by atoms with Gasteiger partial charge in [0.15, 0.2) is 0 Å². The summed E-state index contributed by atoms with van der Waals surface area (Å²) in [4.78, 5) is 23.8. The van der Waals surface area contributed by atoms with Crippen molar-refractivity contribution in [3.05, 3.63) is 75.3 Å². The van der Waals surface area contributed by atoms with E-state index in [-0.39, 0.29) is 64.7 Å². The summed E-state index contributed by atoms with van der Waals surface area (Å²) in [5, 5.41) is 14.2. The fourth-order valence-electron chi connectivity index (χ4n) is 4.43. The Balaban J connectivity index is 1.74. The summed E-state index contributed by atoms with van der Waals surface area (Å²) in [5.74, 6) is -0.733. The lowest BCUT2D eigenvalue weighted by molar-refractivity contribution is -0.385. The molecule has 0 radical (unpaired) electrons. The van der Waals surface area contributed by atoms with Gasteiger partial charge in [0.25, 0.3) is 15.7 Å². The van der Waals surface area contributed by atoms with Gasteiger partial charge in [-0.05, 0) is 49.4 Å². The summed E-state index contributed by atoms with van der Waals surface area (Å²) in [7, 11) is -5.98. The molecule has 236 valence electrons. The van der Waals surface area contributed by atoms with Gasteiger partial charge in [0, 0.05) is 29.7 Å². The van der Waals surface area contributed by atoms with Crippen LogP contribution in [0.2, 0.25) is 5.02 Å². The zero-order chi connectivity index (χ0) is 32.2. The number of halogens is 1. The normalized spacial score (nSPS) is 14.1. The minimum atomic E-state index is -4.64. The van der Waals surface area contributed by atoms with Crippen LogP contribution in [0.4, 0.5) is 17.1 Å². The number of carbonyl (C=O) groups is 1. The number of sulfonamides is 2. The second-order valence-corrected chi connectivity index (χ2v) is 13.7. The van der Waals surface area contributed by atoms with Crippen LogP contribution < -0.4 is 19.1 Å². The average molecular weight is 669 g/mol. The fraction of sp³-hybridized carbons (Fsp3) is 0.296. The number of nitro groups is 1. The number of rotatable bonds is 11. The van der Waals surface area contributed by atoms with E-state index >= 15 is 0 Å². The molecule has 4 rings (SSSR count). The van der Waals surface area contributed by atoms with E-state index in [1.807, 2.05) is 0 Å². The maximum absolute atomic E-state index is 14.0. The summed E-state index contributed by atoms with van der Waals surface area (Å²) >= 11 is 6.18. The highest BCUT2D eigenvalue weighted by Gasteiger charge is 2.32. The van der Waals surface area contributed by atoms with Gasteiger partial charge in [-0.15, -0.1) is 0 Å². The molecule has 1 saturated heterocycles. The average Bonchev–Trinajstić information content (AvgIpc) is 3.00. The second-order valence-electron chi connectivity index (χ2n) is 9.46. The van der Waals surface area contributed by atoms with Crippen molar-refractivity contribution in [1.82, 2.24) is 4.31 Å². The van der Waals surface area contributed by atoms with Crippen molar-refractivity contribution in [2.75, 3.05) is 56.7 Å². The van der Waals surface area contributed by atoms with E-state index in [9.17, 15) is 31.7 Å². The maximum atomic E-state index is 14.0. The zero-order valence-corrected chi connectivity index (χ0v) is 26.2. The number of amides is 1. The van der Waals surface area contributed by atoms with E-state index in [2.05, 4.69) is 5.32 Å². The molecule has 1 amide bonds. The first-order chi connectivity index (χ1) is 20.8. The van der Waals surface area contributed by atoms with Gasteiger partial charge in [-0.1, -0.05) is 17.7 Å². The van der Waals surface area contributed by atoms with Crippen LogP contribution >= 0.6 is 11.6 Å². The number of nitrogens with one attached hydrogen (secondary N) is 1. The predicted molar refractivity (Wildman–Crippen MR) is 162 cm³/mol. The maximum Gasteiger partial charge on any atom is 0.273 e. The summed E-state index contributed by atoms with van der Waals surface area (Å²) < 4.78 is 72.2. The van der Waals surface area contributed by atoms with E-state index in [0.29, 0.717) is 4.31 Å². The second kappa shape index (κ2) is 13.4. The largest absolute Gasteiger partial charge is 0.495 e. The van der Waals surface area contributed by atoms with Gasteiger partial charge < -0.3 is 19.5 Å². The summed E-state index contributed by atoms with van der Waals surface area (Å²) in [6.45, 7) is 1.38. The van der Waals surface area contributed by atoms with Gasteiger partial charge in [0.1, 0.15) is 18.0 Å². The monoisotopic (exact) mass is 668 g/mol. The molecule has 1 aliphatic heterocycles. The van der Waals surface area contributed by atoms with Crippen LogP contribution in [0.25, 0.3) is 0 Å². The van der Waals surface area contributed by atoms with Crippen LogP contribution in [0, 0.1) is 17.0 Å². The Morgan fingerprint density at radius 3 is 2.27 bits per heavy atom. The molecule has 1 heterocycles. The molecule has 1 aliphatic rings. The number of methoxy groups -OCH3 is 2. The van der Waals surface area contributed by atoms with Crippen molar-refractivity contribution < 1.29 is 40.8 Å². The van der Waals surface area contributed by atoms with Crippen LogP contribution in [0.5, 0.6) is 11.5 Å². The molecule has 3 aromatic carbocycles. The first kappa shape index (κ1) is 32.9. The quantitative estimate of drug-likeness (QED) is 0.235. The first-order valence-corrected chi connectivity index (χ1v) is 16.2. The molecular weight excluding hydrogens is 640 g/mol. The molecule has 3 aromatic rings.